The minimum atomic E-state index is -0.770. The van der Waals surface area contributed by atoms with Crippen LogP contribution in [0.3, 0.4) is 0 Å². The van der Waals surface area contributed by atoms with Gasteiger partial charge in [-0.1, -0.05) is 12.1 Å². The Balaban J connectivity index is 1.29. The number of aromatic nitrogens is 1. The number of aryl methyl sites for hydroxylation is 1. The van der Waals surface area contributed by atoms with Gasteiger partial charge in [0.25, 0.3) is 5.95 Å². The third-order valence-electron chi connectivity index (χ3n) is 5.02. The van der Waals surface area contributed by atoms with Crippen molar-refractivity contribution >= 4 is 22.7 Å². The van der Waals surface area contributed by atoms with E-state index in [0.29, 0.717) is 29.2 Å². The smallest absolute Gasteiger partial charge is 0.433 e. The molecule has 0 fully saturated rings. The molecule has 0 bridgehead atoms. The number of hydrazine groups is 1. The lowest BCUT2D eigenvalue weighted by Crippen LogP contribution is -2.32. The van der Waals surface area contributed by atoms with Gasteiger partial charge >= 0.3 is 6.09 Å². The van der Waals surface area contributed by atoms with Crippen LogP contribution in [0.15, 0.2) is 71.4 Å². The molecule has 0 saturated carbocycles. The van der Waals surface area contributed by atoms with E-state index in [1.807, 2.05) is 30.5 Å². The molecule has 176 valence electrons. The molecule has 0 aliphatic carbocycles. The van der Waals surface area contributed by atoms with Crippen molar-refractivity contribution in [3.63, 3.8) is 0 Å². The predicted molar refractivity (Wildman–Crippen MR) is 126 cm³/mol. The number of amides is 1. The van der Waals surface area contributed by atoms with E-state index < -0.39 is 6.09 Å². The van der Waals surface area contributed by atoms with Crippen LogP contribution in [0, 0.1) is 12.7 Å². The maximum atomic E-state index is 13.0. The monoisotopic (exact) mass is 464 g/mol. The second-order valence-electron chi connectivity index (χ2n) is 7.53. The molecule has 4 aromatic rings. The van der Waals surface area contributed by atoms with Crippen LogP contribution in [0.2, 0.25) is 0 Å². The van der Waals surface area contributed by atoms with Crippen molar-refractivity contribution in [2.24, 2.45) is 0 Å². The van der Waals surface area contributed by atoms with E-state index in [4.69, 9.17) is 13.9 Å². The Hall–Kier alpha value is -4.11. The highest BCUT2D eigenvalue weighted by Crippen LogP contribution is 2.37. The van der Waals surface area contributed by atoms with Gasteiger partial charge in [0.15, 0.2) is 0 Å². The summed E-state index contributed by atoms with van der Waals surface area (Å²) in [5.74, 6) is 0.360. The molecule has 2 aromatic heterocycles. The van der Waals surface area contributed by atoms with Gasteiger partial charge < -0.3 is 19.2 Å². The van der Waals surface area contributed by atoms with Crippen LogP contribution >= 0.6 is 0 Å². The fourth-order valence-electron chi connectivity index (χ4n) is 3.34. The lowest BCUT2D eigenvalue weighted by molar-refractivity contribution is 0.190. The Bertz CT molecular complexity index is 1230. The number of anilines is 1. The third kappa shape index (κ3) is 6.02. The van der Waals surface area contributed by atoms with Crippen LogP contribution in [0.1, 0.15) is 17.5 Å². The van der Waals surface area contributed by atoms with Crippen molar-refractivity contribution in [3.8, 4) is 11.7 Å². The van der Waals surface area contributed by atoms with E-state index >= 15 is 0 Å². The lowest BCUT2D eigenvalue weighted by Gasteiger charge is -2.09. The van der Waals surface area contributed by atoms with Crippen LogP contribution in [-0.2, 0) is 6.54 Å². The van der Waals surface area contributed by atoms with Crippen molar-refractivity contribution < 1.29 is 23.1 Å². The van der Waals surface area contributed by atoms with Crippen LogP contribution in [0.4, 0.5) is 14.9 Å². The Morgan fingerprint density at radius 1 is 1.12 bits per heavy atom. The van der Waals surface area contributed by atoms with E-state index in [1.54, 1.807) is 19.2 Å². The lowest BCUT2D eigenvalue weighted by atomic mass is 10.1. The fraction of sp³-hybridized carbons (Fsp3) is 0.200. The van der Waals surface area contributed by atoms with E-state index in [9.17, 15) is 9.18 Å². The van der Waals surface area contributed by atoms with E-state index in [1.165, 1.54) is 24.3 Å². The topological polar surface area (TPSA) is 97.7 Å². The maximum Gasteiger partial charge on any atom is 0.433 e. The SMILES string of the molecule is Cc1c(OC(=O)NNc2ccc(F)cc2)oc2cccc(OCCCNCc3cccnc3)c12. The molecule has 0 aliphatic rings. The molecule has 0 unspecified atom stereocenters. The average Bonchev–Trinajstić information content (AvgIpc) is 3.17. The predicted octanol–water partition coefficient (Wildman–Crippen LogP) is 4.95. The number of nitrogens with one attached hydrogen (secondary N) is 3. The summed E-state index contributed by atoms with van der Waals surface area (Å²) < 4.78 is 30.0. The van der Waals surface area contributed by atoms with Gasteiger partial charge in [0.1, 0.15) is 17.1 Å². The first-order valence-corrected chi connectivity index (χ1v) is 10.8. The summed E-state index contributed by atoms with van der Waals surface area (Å²) >= 11 is 0. The molecule has 34 heavy (non-hydrogen) atoms. The number of nitrogens with zero attached hydrogens (tertiary/aromatic N) is 1. The molecule has 9 heteroatoms. The highest BCUT2D eigenvalue weighted by atomic mass is 19.1. The highest BCUT2D eigenvalue weighted by Gasteiger charge is 2.18. The van der Waals surface area contributed by atoms with Crippen molar-refractivity contribution in [1.29, 1.82) is 0 Å². The number of pyridine rings is 1. The van der Waals surface area contributed by atoms with E-state index in [-0.39, 0.29) is 11.8 Å². The minimum Gasteiger partial charge on any atom is -0.493 e. The largest absolute Gasteiger partial charge is 0.493 e. The minimum absolute atomic E-state index is 0.0718. The summed E-state index contributed by atoms with van der Waals surface area (Å²) in [6.07, 6.45) is 3.64. The molecule has 0 atom stereocenters. The standard InChI is InChI=1S/C25H25FN4O4/c1-17-23-21(32-14-4-13-28-16-18-5-3-12-27-15-18)6-2-7-22(23)33-24(17)34-25(31)30-29-20-10-8-19(26)9-11-20/h2-3,5-12,15,28-29H,4,13-14,16H2,1H3,(H,30,31). The van der Waals surface area contributed by atoms with Crippen LogP contribution in [-0.4, -0.2) is 24.2 Å². The van der Waals surface area contributed by atoms with Gasteiger partial charge in [-0.05, 0) is 67.9 Å². The van der Waals surface area contributed by atoms with Crippen molar-refractivity contribution in [1.82, 2.24) is 15.7 Å². The Labute approximate surface area is 196 Å². The zero-order valence-electron chi connectivity index (χ0n) is 18.6. The molecule has 2 aromatic carbocycles. The zero-order chi connectivity index (χ0) is 23.8. The van der Waals surface area contributed by atoms with Gasteiger partial charge in [0, 0.05) is 24.5 Å². The number of halogens is 1. The van der Waals surface area contributed by atoms with Crippen molar-refractivity contribution in [2.75, 3.05) is 18.6 Å². The second kappa shape index (κ2) is 11.2. The highest BCUT2D eigenvalue weighted by molar-refractivity contribution is 5.90. The van der Waals surface area contributed by atoms with E-state index in [0.717, 1.165) is 30.5 Å². The molecule has 3 N–H and O–H groups in total. The summed E-state index contributed by atoms with van der Waals surface area (Å²) in [5.41, 5.74) is 7.87. The number of furan rings is 1. The van der Waals surface area contributed by atoms with Crippen molar-refractivity contribution in [3.05, 3.63) is 83.9 Å². The number of hydrogen-bond acceptors (Lipinski definition) is 7. The van der Waals surface area contributed by atoms with Crippen LogP contribution < -0.4 is 25.6 Å². The molecule has 4 rings (SSSR count). The van der Waals surface area contributed by atoms with Gasteiger partial charge in [0.2, 0.25) is 0 Å². The van der Waals surface area contributed by atoms with Gasteiger partial charge in [-0.25, -0.2) is 14.6 Å². The Morgan fingerprint density at radius 2 is 1.97 bits per heavy atom. The number of carbonyl (C=O) groups is 1. The first-order chi connectivity index (χ1) is 16.6. The van der Waals surface area contributed by atoms with Gasteiger partial charge in [-0.2, -0.15) is 0 Å². The van der Waals surface area contributed by atoms with Gasteiger partial charge in [0.05, 0.1) is 17.7 Å². The normalized spacial score (nSPS) is 10.8. The molecule has 0 saturated heterocycles. The number of hydrogen-bond donors (Lipinski definition) is 3. The van der Waals surface area contributed by atoms with Gasteiger partial charge in [-0.3, -0.25) is 10.4 Å². The Kier molecular flexibility index (Phi) is 7.56. The number of rotatable bonds is 10. The summed E-state index contributed by atoms with van der Waals surface area (Å²) in [6.45, 7) is 3.86. The molecule has 0 radical (unpaired) electrons. The zero-order valence-corrected chi connectivity index (χ0v) is 18.6. The average molecular weight is 464 g/mol. The fourth-order valence-corrected chi connectivity index (χ4v) is 3.34. The van der Waals surface area contributed by atoms with Crippen LogP contribution in [0.25, 0.3) is 11.0 Å². The first kappa shape index (κ1) is 23.1. The molecule has 2 heterocycles. The molecular weight excluding hydrogens is 439 g/mol. The van der Waals surface area contributed by atoms with Gasteiger partial charge in [-0.15, -0.1) is 0 Å². The van der Waals surface area contributed by atoms with Crippen LogP contribution in [0.5, 0.6) is 11.7 Å². The number of ether oxygens (including phenoxy) is 2. The molecule has 0 aliphatic heterocycles. The Morgan fingerprint density at radius 3 is 2.76 bits per heavy atom. The number of benzene rings is 2. The molecule has 1 amide bonds. The summed E-state index contributed by atoms with van der Waals surface area (Å²) in [7, 11) is 0. The molecule has 8 nitrogen and oxygen atoms in total. The summed E-state index contributed by atoms with van der Waals surface area (Å²) in [5, 5.41) is 4.11. The third-order valence-corrected chi connectivity index (χ3v) is 5.02. The first-order valence-electron chi connectivity index (χ1n) is 10.8. The second-order valence-corrected chi connectivity index (χ2v) is 7.53. The quantitative estimate of drug-likeness (QED) is 0.226. The summed E-state index contributed by atoms with van der Waals surface area (Å²) in [4.78, 5) is 16.3. The number of fused-ring (bicyclic) bond motifs is 1. The van der Waals surface area contributed by atoms with E-state index in [2.05, 4.69) is 21.2 Å². The van der Waals surface area contributed by atoms with Crippen molar-refractivity contribution in [2.45, 2.75) is 19.9 Å². The molecule has 0 spiro atoms. The number of carbonyl (C=O) groups excluding carboxylic acids is 1. The molecular formula is C25H25FN4O4. The summed E-state index contributed by atoms with van der Waals surface area (Å²) in [6, 6.07) is 14.9. The maximum absolute atomic E-state index is 13.0.